The minimum absolute atomic E-state index is 0.104. The van der Waals surface area contributed by atoms with E-state index in [0.717, 1.165) is 16.8 Å². The van der Waals surface area contributed by atoms with E-state index in [0.29, 0.717) is 18.5 Å². The molecule has 216 valence electrons. The first-order valence-corrected chi connectivity index (χ1v) is 14.0. The second-order valence-corrected chi connectivity index (χ2v) is 11.8. The molecule has 0 aliphatic carbocycles. The summed E-state index contributed by atoms with van der Waals surface area (Å²) in [4.78, 5) is 44.8. The molecular formula is C33H41N5O3. The van der Waals surface area contributed by atoms with Gasteiger partial charge in [0.25, 0.3) is 5.91 Å². The number of anilines is 2. The van der Waals surface area contributed by atoms with Crippen LogP contribution in [0.5, 0.6) is 0 Å². The van der Waals surface area contributed by atoms with Crippen molar-refractivity contribution in [3.05, 3.63) is 96.1 Å². The Balaban J connectivity index is 1.97. The number of carbonyl (C=O) groups excluding carboxylic acids is 3. The summed E-state index contributed by atoms with van der Waals surface area (Å²) in [6.45, 7) is 7.20. The highest BCUT2D eigenvalue weighted by Crippen LogP contribution is 2.43. The van der Waals surface area contributed by atoms with Crippen LogP contribution in [0.1, 0.15) is 63.6 Å². The van der Waals surface area contributed by atoms with Crippen LogP contribution in [0, 0.1) is 0 Å². The number of carbonyl (C=O) groups is 3. The Kier molecular flexibility index (Phi) is 8.71. The second kappa shape index (κ2) is 12.0. The molecular weight excluding hydrogens is 514 g/mol. The summed E-state index contributed by atoms with van der Waals surface area (Å²) in [5, 5.41) is 3.14. The summed E-state index contributed by atoms with van der Waals surface area (Å²) in [5.74, 6) is -0.714. The fourth-order valence-electron chi connectivity index (χ4n) is 5.87. The molecule has 1 heterocycles. The van der Waals surface area contributed by atoms with E-state index in [9.17, 15) is 14.4 Å². The van der Waals surface area contributed by atoms with E-state index in [-0.39, 0.29) is 17.7 Å². The van der Waals surface area contributed by atoms with Crippen molar-refractivity contribution in [2.75, 3.05) is 23.9 Å². The van der Waals surface area contributed by atoms with Crippen LogP contribution < -0.4 is 15.5 Å². The van der Waals surface area contributed by atoms with Gasteiger partial charge in [-0.05, 0) is 68.9 Å². The number of urea groups is 1. The van der Waals surface area contributed by atoms with E-state index in [1.807, 2.05) is 106 Å². The normalized spacial score (nSPS) is 19.3. The van der Waals surface area contributed by atoms with Crippen molar-refractivity contribution < 1.29 is 14.4 Å². The van der Waals surface area contributed by atoms with Crippen molar-refractivity contribution in [1.82, 2.24) is 10.0 Å². The van der Waals surface area contributed by atoms with Crippen molar-refractivity contribution >= 4 is 29.2 Å². The lowest BCUT2D eigenvalue weighted by Crippen LogP contribution is -2.62. The van der Waals surface area contributed by atoms with Gasteiger partial charge in [0, 0.05) is 32.4 Å². The number of hydrogen-bond acceptors (Lipinski definition) is 4. The van der Waals surface area contributed by atoms with E-state index in [4.69, 9.17) is 5.73 Å². The molecule has 0 radical (unpaired) electrons. The van der Waals surface area contributed by atoms with Gasteiger partial charge in [-0.3, -0.25) is 14.5 Å². The third kappa shape index (κ3) is 6.37. The van der Waals surface area contributed by atoms with Crippen LogP contribution in [0.4, 0.5) is 16.2 Å². The molecule has 1 aliphatic rings. The summed E-state index contributed by atoms with van der Waals surface area (Å²) in [6, 6.07) is 25.1. The Morgan fingerprint density at radius 2 is 1.39 bits per heavy atom. The third-order valence-electron chi connectivity index (χ3n) is 7.60. The number of rotatable bonds is 6. The van der Waals surface area contributed by atoms with Gasteiger partial charge < -0.3 is 10.6 Å². The van der Waals surface area contributed by atoms with Gasteiger partial charge in [-0.15, -0.1) is 0 Å². The zero-order chi connectivity index (χ0) is 29.9. The monoisotopic (exact) mass is 555 g/mol. The number of amides is 4. The number of hydrogen-bond donors (Lipinski definition) is 1. The van der Waals surface area contributed by atoms with E-state index < -0.39 is 23.7 Å². The average molecular weight is 556 g/mol. The van der Waals surface area contributed by atoms with Crippen molar-refractivity contribution in [2.24, 2.45) is 5.73 Å². The maximum Gasteiger partial charge on any atom is 0.320 e. The molecule has 0 saturated carbocycles. The van der Waals surface area contributed by atoms with Crippen molar-refractivity contribution in [2.45, 2.75) is 64.1 Å². The molecule has 8 heteroatoms. The Morgan fingerprint density at radius 1 is 0.829 bits per heavy atom. The predicted octanol–water partition coefficient (Wildman–Crippen LogP) is 5.72. The van der Waals surface area contributed by atoms with E-state index >= 15 is 0 Å². The summed E-state index contributed by atoms with van der Waals surface area (Å²) in [6.07, 6.45) is 0.897. The zero-order valence-corrected chi connectivity index (χ0v) is 24.8. The van der Waals surface area contributed by atoms with Gasteiger partial charge in [0.15, 0.2) is 0 Å². The minimum atomic E-state index is -0.951. The van der Waals surface area contributed by atoms with Gasteiger partial charge in [0.05, 0.1) is 11.6 Å². The number of benzene rings is 3. The molecule has 41 heavy (non-hydrogen) atoms. The van der Waals surface area contributed by atoms with Gasteiger partial charge in [0.2, 0.25) is 5.91 Å². The van der Waals surface area contributed by atoms with Gasteiger partial charge in [0.1, 0.15) is 6.04 Å². The SMILES string of the molecule is CC(=O)N(N1C(=O)C(N(C(N)=O)c2cccc(N(C)C)c2)CC(c2ccccc2)CC1c1ccccc1)C(C)(C)C. The molecule has 3 atom stereocenters. The number of primary amides is 1. The van der Waals surface area contributed by atoms with Crippen molar-refractivity contribution in [1.29, 1.82) is 0 Å². The largest absolute Gasteiger partial charge is 0.378 e. The summed E-state index contributed by atoms with van der Waals surface area (Å²) in [5.41, 5.74) is 8.71. The highest BCUT2D eigenvalue weighted by molar-refractivity contribution is 6.00. The van der Waals surface area contributed by atoms with Crippen molar-refractivity contribution in [3.63, 3.8) is 0 Å². The lowest BCUT2D eigenvalue weighted by Gasteiger charge is -2.47. The van der Waals surface area contributed by atoms with Crippen LogP contribution in [0.2, 0.25) is 0 Å². The molecule has 3 aromatic carbocycles. The molecule has 1 aliphatic heterocycles. The molecule has 1 saturated heterocycles. The highest BCUT2D eigenvalue weighted by atomic mass is 16.2. The summed E-state index contributed by atoms with van der Waals surface area (Å²) in [7, 11) is 3.83. The minimum Gasteiger partial charge on any atom is -0.378 e. The van der Waals surface area contributed by atoms with Crippen molar-refractivity contribution in [3.8, 4) is 0 Å². The van der Waals surface area contributed by atoms with Crippen LogP contribution in [0.25, 0.3) is 0 Å². The fraction of sp³-hybridized carbons (Fsp3) is 0.364. The first-order valence-electron chi connectivity index (χ1n) is 14.0. The lowest BCUT2D eigenvalue weighted by molar-refractivity contribution is -0.181. The molecule has 4 rings (SSSR count). The van der Waals surface area contributed by atoms with Gasteiger partial charge in [-0.25, -0.2) is 14.8 Å². The van der Waals surface area contributed by atoms with Crippen LogP contribution >= 0.6 is 0 Å². The van der Waals surface area contributed by atoms with Gasteiger partial charge >= 0.3 is 6.03 Å². The smallest absolute Gasteiger partial charge is 0.320 e. The number of hydrazine groups is 1. The Morgan fingerprint density at radius 3 is 1.90 bits per heavy atom. The summed E-state index contributed by atoms with van der Waals surface area (Å²) >= 11 is 0. The number of nitrogens with zero attached hydrogens (tertiary/aromatic N) is 4. The van der Waals surface area contributed by atoms with E-state index in [2.05, 4.69) is 12.1 Å². The van der Waals surface area contributed by atoms with Gasteiger partial charge in [-0.1, -0.05) is 66.7 Å². The third-order valence-corrected chi connectivity index (χ3v) is 7.60. The van der Waals surface area contributed by atoms with Gasteiger partial charge in [-0.2, -0.15) is 0 Å². The first kappa shape index (κ1) is 29.6. The molecule has 8 nitrogen and oxygen atoms in total. The Labute approximate surface area is 243 Å². The average Bonchev–Trinajstić information content (AvgIpc) is 3.06. The molecule has 3 unspecified atom stereocenters. The fourth-order valence-corrected chi connectivity index (χ4v) is 5.87. The molecule has 0 bridgehead atoms. The van der Waals surface area contributed by atoms with Crippen LogP contribution in [-0.2, 0) is 9.59 Å². The molecule has 0 aromatic heterocycles. The Bertz CT molecular complexity index is 1370. The molecule has 0 spiro atoms. The standard InChI is InChI=1S/C33H41N5O3/c1-23(39)38(33(2,3)4)37-29(25-16-11-8-12-17-25)20-26(24-14-9-7-10-15-24)21-30(31(37)40)36(32(34)41)28-19-13-18-27(22-28)35(5)6/h7-19,22,26,29-30H,20-21H2,1-6H3,(H2,34,41). The molecule has 1 fully saturated rings. The van der Waals surface area contributed by atoms with E-state index in [1.54, 1.807) is 16.1 Å². The molecule has 4 amide bonds. The van der Waals surface area contributed by atoms with Crippen LogP contribution in [0.15, 0.2) is 84.9 Å². The van der Waals surface area contributed by atoms with Crippen LogP contribution in [-0.4, -0.2) is 53.5 Å². The predicted molar refractivity (Wildman–Crippen MR) is 163 cm³/mol. The topological polar surface area (TPSA) is 90.2 Å². The quantitative estimate of drug-likeness (QED) is 0.422. The lowest BCUT2D eigenvalue weighted by atomic mass is 9.86. The Hall–Kier alpha value is -4.33. The first-order chi connectivity index (χ1) is 19.4. The highest BCUT2D eigenvalue weighted by Gasteiger charge is 2.47. The maximum absolute atomic E-state index is 14.9. The molecule has 3 aromatic rings. The molecule has 2 N–H and O–H groups in total. The number of nitrogens with two attached hydrogens (primary N) is 1. The zero-order valence-electron chi connectivity index (χ0n) is 24.8. The van der Waals surface area contributed by atoms with E-state index in [1.165, 1.54) is 11.8 Å². The maximum atomic E-state index is 14.9. The van der Waals surface area contributed by atoms with Crippen LogP contribution in [0.3, 0.4) is 0 Å². The summed E-state index contributed by atoms with van der Waals surface area (Å²) < 4.78 is 0. The second-order valence-electron chi connectivity index (χ2n) is 11.8.